The van der Waals surface area contributed by atoms with E-state index in [9.17, 15) is 9.90 Å². The van der Waals surface area contributed by atoms with Crippen LogP contribution in [0.2, 0.25) is 0 Å². The van der Waals surface area contributed by atoms with E-state index in [1.165, 1.54) is 12.8 Å². The topological polar surface area (TPSA) is 61.4 Å². The van der Waals surface area contributed by atoms with Crippen molar-refractivity contribution in [3.8, 4) is 0 Å². The maximum Gasteiger partial charge on any atom is 0.314 e. The highest BCUT2D eigenvalue weighted by atomic mass is 16.3. The van der Waals surface area contributed by atoms with Crippen LogP contribution in [0, 0.1) is 0 Å². The highest BCUT2D eigenvalue weighted by Gasteiger charge is 2.28. The maximum absolute atomic E-state index is 11.3. The van der Waals surface area contributed by atoms with E-state index in [0.717, 1.165) is 32.1 Å². The first-order valence-corrected chi connectivity index (χ1v) is 6.40. The van der Waals surface area contributed by atoms with Crippen LogP contribution >= 0.6 is 0 Å². The van der Waals surface area contributed by atoms with Gasteiger partial charge in [-0.2, -0.15) is 0 Å². The highest BCUT2D eigenvalue weighted by molar-refractivity contribution is 5.73. The second-order valence-corrected chi connectivity index (χ2v) is 4.75. The molecule has 0 unspecified atom stereocenters. The summed E-state index contributed by atoms with van der Waals surface area (Å²) >= 11 is 0. The first-order valence-electron chi connectivity index (χ1n) is 6.40. The van der Waals surface area contributed by atoms with Crippen molar-refractivity contribution in [3.63, 3.8) is 0 Å². The summed E-state index contributed by atoms with van der Waals surface area (Å²) in [6, 6.07) is -0.167. The highest BCUT2D eigenvalue weighted by Crippen LogP contribution is 2.26. The number of urea groups is 1. The van der Waals surface area contributed by atoms with Gasteiger partial charge in [0.15, 0.2) is 0 Å². The SMILES string of the molecule is CCCNC(=O)NCC1(O)CCCCCC1. The molecule has 1 rings (SSSR count). The quantitative estimate of drug-likeness (QED) is 0.642. The van der Waals surface area contributed by atoms with Gasteiger partial charge in [0.1, 0.15) is 0 Å². The summed E-state index contributed by atoms with van der Waals surface area (Å²) in [5.41, 5.74) is -0.681. The summed E-state index contributed by atoms with van der Waals surface area (Å²) in [7, 11) is 0. The van der Waals surface area contributed by atoms with Crippen molar-refractivity contribution >= 4 is 6.03 Å². The van der Waals surface area contributed by atoms with Crippen LogP contribution in [-0.4, -0.2) is 29.8 Å². The number of hydrogen-bond acceptors (Lipinski definition) is 2. The van der Waals surface area contributed by atoms with E-state index < -0.39 is 5.60 Å². The van der Waals surface area contributed by atoms with E-state index in [2.05, 4.69) is 10.6 Å². The van der Waals surface area contributed by atoms with Crippen LogP contribution in [0.4, 0.5) is 4.79 Å². The molecule has 0 bridgehead atoms. The summed E-state index contributed by atoms with van der Waals surface area (Å²) in [6.45, 7) is 3.08. The Kier molecular flexibility index (Phi) is 5.60. The van der Waals surface area contributed by atoms with Crippen LogP contribution in [0.25, 0.3) is 0 Å². The average molecular weight is 228 g/mol. The van der Waals surface area contributed by atoms with Crippen LogP contribution in [0.1, 0.15) is 51.9 Å². The molecule has 1 aliphatic rings. The standard InChI is InChI=1S/C12H24N2O2/c1-2-9-13-11(15)14-10-12(16)7-5-3-4-6-8-12/h16H,2-10H2,1H3,(H2,13,14,15). The van der Waals surface area contributed by atoms with Crippen molar-refractivity contribution in [2.24, 2.45) is 0 Å². The van der Waals surface area contributed by atoms with Gasteiger partial charge in [-0.05, 0) is 19.3 Å². The Balaban J connectivity index is 2.25. The summed E-state index contributed by atoms with van der Waals surface area (Å²) in [5, 5.41) is 15.8. The Labute approximate surface area is 97.8 Å². The lowest BCUT2D eigenvalue weighted by molar-refractivity contribution is 0.0277. The van der Waals surface area contributed by atoms with Crippen molar-refractivity contribution < 1.29 is 9.90 Å². The van der Waals surface area contributed by atoms with Crippen molar-refractivity contribution in [2.75, 3.05) is 13.1 Å². The molecular formula is C12H24N2O2. The van der Waals surface area contributed by atoms with Gasteiger partial charge in [0.05, 0.1) is 5.60 Å². The lowest BCUT2D eigenvalue weighted by atomic mass is 9.95. The Morgan fingerprint density at radius 3 is 2.38 bits per heavy atom. The van der Waals surface area contributed by atoms with Crippen molar-refractivity contribution in [2.45, 2.75) is 57.5 Å². The molecule has 94 valence electrons. The Morgan fingerprint density at radius 1 is 1.19 bits per heavy atom. The summed E-state index contributed by atoms with van der Waals surface area (Å²) in [5.74, 6) is 0. The normalized spacial score (nSPS) is 19.9. The molecule has 0 heterocycles. The molecule has 0 aromatic rings. The van der Waals surface area contributed by atoms with Gasteiger partial charge in [0.2, 0.25) is 0 Å². The zero-order chi connectivity index (χ0) is 11.9. The second-order valence-electron chi connectivity index (χ2n) is 4.75. The Morgan fingerprint density at radius 2 is 1.81 bits per heavy atom. The molecule has 0 spiro atoms. The Bertz CT molecular complexity index is 211. The lowest BCUT2D eigenvalue weighted by Crippen LogP contribution is -2.46. The largest absolute Gasteiger partial charge is 0.388 e. The first kappa shape index (κ1) is 13.3. The number of nitrogens with one attached hydrogen (secondary N) is 2. The minimum atomic E-state index is -0.681. The minimum absolute atomic E-state index is 0.167. The number of hydrogen-bond donors (Lipinski definition) is 3. The molecule has 2 amide bonds. The molecule has 4 nitrogen and oxygen atoms in total. The third-order valence-electron chi connectivity index (χ3n) is 3.15. The monoisotopic (exact) mass is 228 g/mol. The van der Waals surface area contributed by atoms with Crippen molar-refractivity contribution in [1.82, 2.24) is 10.6 Å². The molecule has 0 aromatic heterocycles. The molecular weight excluding hydrogens is 204 g/mol. The van der Waals surface area contributed by atoms with E-state index in [0.29, 0.717) is 13.1 Å². The predicted octanol–water partition coefficient (Wildman–Crippen LogP) is 1.78. The van der Waals surface area contributed by atoms with Crippen molar-refractivity contribution in [1.29, 1.82) is 0 Å². The van der Waals surface area contributed by atoms with Crippen LogP contribution < -0.4 is 10.6 Å². The summed E-state index contributed by atoms with van der Waals surface area (Å²) in [6.07, 6.45) is 7.07. The van der Waals surface area contributed by atoms with Gasteiger partial charge in [-0.25, -0.2) is 4.79 Å². The molecule has 0 atom stereocenters. The number of amides is 2. The van der Waals surface area contributed by atoms with Gasteiger partial charge in [-0.3, -0.25) is 0 Å². The second kappa shape index (κ2) is 6.74. The number of rotatable bonds is 4. The number of aliphatic hydroxyl groups is 1. The van der Waals surface area contributed by atoms with E-state index in [4.69, 9.17) is 0 Å². The zero-order valence-electron chi connectivity index (χ0n) is 10.2. The minimum Gasteiger partial charge on any atom is -0.388 e. The average Bonchev–Trinajstić information content (AvgIpc) is 2.49. The molecule has 0 aromatic carbocycles. The fourth-order valence-corrected chi connectivity index (χ4v) is 2.11. The van der Waals surface area contributed by atoms with Crippen LogP contribution in [-0.2, 0) is 0 Å². The maximum atomic E-state index is 11.3. The molecule has 3 N–H and O–H groups in total. The van der Waals surface area contributed by atoms with Crippen LogP contribution in [0.5, 0.6) is 0 Å². The van der Waals surface area contributed by atoms with Crippen LogP contribution in [0.15, 0.2) is 0 Å². The Hall–Kier alpha value is -0.770. The molecule has 1 aliphatic carbocycles. The number of carbonyl (C=O) groups is 1. The first-order chi connectivity index (χ1) is 7.66. The van der Waals surface area contributed by atoms with Crippen LogP contribution in [0.3, 0.4) is 0 Å². The third kappa shape index (κ3) is 4.84. The summed E-state index contributed by atoms with van der Waals surface area (Å²) in [4.78, 5) is 11.3. The van der Waals surface area contributed by atoms with E-state index in [1.807, 2.05) is 6.92 Å². The van der Waals surface area contributed by atoms with Gasteiger partial charge < -0.3 is 15.7 Å². The van der Waals surface area contributed by atoms with Gasteiger partial charge in [-0.1, -0.05) is 32.6 Å². The van der Waals surface area contributed by atoms with E-state index in [-0.39, 0.29) is 6.03 Å². The summed E-state index contributed by atoms with van der Waals surface area (Å²) < 4.78 is 0. The fourth-order valence-electron chi connectivity index (χ4n) is 2.11. The van der Waals surface area contributed by atoms with Gasteiger partial charge in [-0.15, -0.1) is 0 Å². The zero-order valence-corrected chi connectivity index (χ0v) is 10.2. The molecule has 0 aliphatic heterocycles. The molecule has 4 heteroatoms. The van der Waals surface area contributed by atoms with E-state index in [1.54, 1.807) is 0 Å². The predicted molar refractivity (Wildman–Crippen MR) is 64.3 cm³/mol. The van der Waals surface area contributed by atoms with Crippen molar-refractivity contribution in [3.05, 3.63) is 0 Å². The molecule has 0 radical (unpaired) electrons. The van der Waals surface area contributed by atoms with Gasteiger partial charge >= 0.3 is 6.03 Å². The van der Waals surface area contributed by atoms with Gasteiger partial charge in [0.25, 0.3) is 0 Å². The fraction of sp³-hybridized carbons (Fsp3) is 0.917. The molecule has 0 saturated heterocycles. The number of carbonyl (C=O) groups excluding carboxylic acids is 1. The molecule has 1 saturated carbocycles. The third-order valence-corrected chi connectivity index (χ3v) is 3.15. The lowest BCUT2D eigenvalue weighted by Gasteiger charge is -2.26. The molecule has 1 fully saturated rings. The van der Waals surface area contributed by atoms with Gasteiger partial charge in [0, 0.05) is 13.1 Å². The molecule has 16 heavy (non-hydrogen) atoms. The smallest absolute Gasteiger partial charge is 0.314 e. The van der Waals surface area contributed by atoms with E-state index >= 15 is 0 Å².